The van der Waals surface area contributed by atoms with Crippen LogP contribution in [-0.4, -0.2) is 45.0 Å². The molecule has 2 aromatic carbocycles. The lowest BCUT2D eigenvalue weighted by Crippen LogP contribution is -2.31. The number of nitrogens with zero attached hydrogens (tertiary/aromatic N) is 3. The number of nitrogens with one attached hydrogen (secondary N) is 1. The number of hydrogen-bond acceptors (Lipinski definition) is 7. The molecular weight excluding hydrogens is 440 g/mol. The lowest BCUT2D eigenvalue weighted by molar-refractivity contribution is 0.0655. The molecule has 33 heavy (non-hydrogen) atoms. The van der Waals surface area contributed by atoms with E-state index in [2.05, 4.69) is 9.97 Å². The van der Waals surface area contributed by atoms with Gasteiger partial charge in [0.25, 0.3) is 11.8 Å². The maximum absolute atomic E-state index is 12.7. The molecule has 2 amide bonds. The first-order valence-corrected chi connectivity index (χ1v) is 11.3. The highest BCUT2D eigenvalue weighted by Gasteiger charge is 2.35. The highest BCUT2D eigenvalue weighted by molar-refractivity contribution is 7.13. The van der Waals surface area contributed by atoms with Crippen LogP contribution in [-0.2, 0) is 6.42 Å². The molecule has 4 heterocycles. The Balaban J connectivity index is 1.32. The van der Waals surface area contributed by atoms with Gasteiger partial charge in [0.15, 0.2) is 11.5 Å². The number of benzene rings is 2. The smallest absolute Gasteiger partial charge is 0.261 e. The van der Waals surface area contributed by atoms with Crippen molar-refractivity contribution < 1.29 is 19.1 Å². The molecule has 0 atom stereocenters. The number of imidazole rings is 1. The minimum absolute atomic E-state index is 0.198. The van der Waals surface area contributed by atoms with E-state index < -0.39 is 0 Å². The molecule has 0 saturated heterocycles. The van der Waals surface area contributed by atoms with Crippen LogP contribution < -0.4 is 9.47 Å². The average molecular weight is 458 g/mol. The second-order valence-electron chi connectivity index (χ2n) is 7.83. The zero-order chi connectivity index (χ0) is 22.5. The Morgan fingerprint density at radius 1 is 1.03 bits per heavy atom. The quantitative estimate of drug-likeness (QED) is 0.453. The van der Waals surface area contributed by atoms with E-state index in [9.17, 15) is 9.59 Å². The fourth-order valence-corrected chi connectivity index (χ4v) is 4.87. The molecule has 0 aliphatic carbocycles. The van der Waals surface area contributed by atoms with Crippen molar-refractivity contribution >= 4 is 23.2 Å². The molecule has 9 heteroatoms. The van der Waals surface area contributed by atoms with Crippen LogP contribution in [0.3, 0.4) is 0 Å². The van der Waals surface area contributed by atoms with Crippen molar-refractivity contribution in [2.75, 3.05) is 13.3 Å². The van der Waals surface area contributed by atoms with Crippen molar-refractivity contribution in [1.82, 2.24) is 19.9 Å². The van der Waals surface area contributed by atoms with Gasteiger partial charge in [-0.1, -0.05) is 12.1 Å². The van der Waals surface area contributed by atoms with Crippen LogP contribution in [0.1, 0.15) is 32.2 Å². The average Bonchev–Trinajstić information content (AvgIpc) is 3.60. The van der Waals surface area contributed by atoms with E-state index in [0.717, 1.165) is 27.7 Å². The lowest BCUT2D eigenvalue weighted by Gasteiger charge is -2.12. The van der Waals surface area contributed by atoms with Gasteiger partial charge in [0.1, 0.15) is 16.5 Å². The van der Waals surface area contributed by atoms with Crippen molar-refractivity contribution in [3.8, 4) is 33.5 Å². The number of rotatable bonds is 5. The van der Waals surface area contributed by atoms with Gasteiger partial charge in [-0.2, -0.15) is 0 Å². The third-order valence-electron chi connectivity index (χ3n) is 5.68. The number of H-pyrrole nitrogens is 1. The second kappa shape index (κ2) is 7.56. The van der Waals surface area contributed by atoms with Crippen LogP contribution in [0.2, 0.25) is 0 Å². The maximum Gasteiger partial charge on any atom is 0.261 e. The maximum atomic E-state index is 12.7. The fourth-order valence-electron chi connectivity index (χ4n) is 4.08. The van der Waals surface area contributed by atoms with Crippen molar-refractivity contribution in [1.29, 1.82) is 0 Å². The highest BCUT2D eigenvalue weighted by Crippen LogP contribution is 2.39. The number of aryl methyl sites for hydroxylation is 1. The summed E-state index contributed by atoms with van der Waals surface area (Å²) in [7, 11) is 0. The predicted octanol–water partition coefficient (Wildman–Crippen LogP) is 4.08. The summed E-state index contributed by atoms with van der Waals surface area (Å²) < 4.78 is 11.0. The SMILES string of the molecule is Cc1csc(-c2[nH]c(CCN3C(=O)c4ccccc4C3=O)nc2-c2ccc3c(c2)OCO3)n1. The summed E-state index contributed by atoms with van der Waals surface area (Å²) in [4.78, 5) is 39.5. The minimum Gasteiger partial charge on any atom is -0.454 e. The molecule has 164 valence electrons. The number of imide groups is 1. The third kappa shape index (κ3) is 3.28. The summed E-state index contributed by atoms with van der Waals surface area (Å²) in [6, 6.07) is 12.6. The Morgan fingerprint density at radius 3 is 2.52 bits per heavy atom. The molecule has 0 radical (unpaired) electrons. The Morgan fingerprint density at radius 2 is 1.79 bits per heavy atom. The Bertz CT molecular complexity index is 1390. The van der Waals surface area contributed by atoms with Crippen LogP contribution in [0, 0.1) is 6.92 Å². The van der Waals surface area contributed by atoms with Crippen LogP contribution in [0.15, 0.2) is 47.8 Å². The number of aromatic amines is 1. The number of thiazole rings is 1. The summed E-state index contributed by atoms with van der Waals surface area (Å²) >= 11 is 1.53. The first-order valence-electron chi connectivity index (χ1n) is 10.4. The molecule has 0 bridgehead atoms. The van der Waals surface area contributed by atoms with E-state index in [1.807, 2.05) is 30.5 Å². The molecule has 8 nitrogen and oxygen atoms in total. The second-order valence-corrected chi connectivity index (χ2v) is 8.68. The van der Waals surface area contributed by atoms with Gasteiger partial charge in [0, 0.05) is 29.6 Å². The number of hydrogen-bond donors (Lipinski definition) is 1. The predicted molar refractivity (Wildman–Crippen MR) is 122 cm³/mol. The molecule has 4 aromatic rings. The van der Waals surface area contributed by atoms with Crippen molar-refractivity contribution in [2.24, 2.45) is 0 Å². The number of carbonyl (C=O) groups is 2. The van der Waals surface area contributed by atoms with Crippen LogP contribution >= 0.6 is 11.3 Å². The molecule has 0 unspecified atom stereocenters. The Labute approximate surface area is 192 Å². The molecule has 2 aromatic heterocycles. The van der Waals surface area contributed by atoms with Crippen molar-refractivity contribution in [3.63, 3.8) is 0 Å². The van der Waals surface area contributed by atoms with Crippen molar-refractivity contribution in [3.05, 3.63) is 70.5 Å². The standard InChI is InChI=1S/C24H18N4O4S/c1-13-11-33-22(25-13)21-20(14-6-7-17-18(10-14)32-12-31-17)26-19(27-21)8-9-28-23(29)15-4-2-3-5-16(15)24(28)30/h2-7,10-11H,8-9,12H2,1H3,(H,26,27). The van der Waals surface area contributed by atoms with E-state index >= 15 is 0 Å². The molecule has 2 aliphatic rings. The van der Waals surface area contributed by atoms with Crippen LogP contribution in [0.4, 0.5) is 0 Å². The number of carbonyl (C=O) groups excluding carboxylic acids is 2. The van der Waals surface area contributed by atoms with Gasteiger partial charge >= 0.3 is 0 Å². The molecule has 1 N–H and O–H groups in total. The lowest BCUT2D eigenvalue weighted by atomic mass is 10.1. The summed E-state index contributed by atoms with van der Waals surface area (Å²) in [5.41, 5.74) is 4.22. The number of aromatic nitrogens is 3. The number of amides is 2. The normalized spacial score (nSPS) is 14.3. The first-order chi connectivity index (χ1) is 16.1. The van der Waals surface area contributed by atoms with Crippen LogP contribution in [0.5, 0.6) is 11.5 Å². The summed E-state index contributed by atoms with van der Waals surface area (Å²) in [6.45, 7) is 2.37. The zero-order valence-electron chi connectivity index (χ0n) is 17.6. The summed E-state index contributed by atoms with van der Waals surface area (Å²) in [5.74, 6) is 1.50. The Kier molecular flexibility index (Phi) is 4.51. The van der Waals surface area contributed by atoms with E-state index in [4.69, 9.17) is 14.5 Å². The largest absolute Gasteiger partial charge is 0.454 e. The van der Waals surface area contributed by atoms with Gasteiger partial charge in [-0.05, 0) is 37.3 Å². The summed E-state index contributed by atoms with van der Waals surface area (Å²) in [5, 5.41) is 2.80. The van der Waals surface area contributed by atoms with Gasteiger partial charge in [0.05, 0.1) is 16.8 Å². The molecular formula is C24H18N4O4S. The van der Waals surface area contributed by atoms with Gasteiger partial charge in [0.2, 0.25) is 6.79 Å². The van der Waals surface area contributed by atoms with E-state index in [-0.39, 0.29) is 25.2 Å². The van der Waals surface area contributed by atoms with E-state index in [1.54, 1.807) is 24.3 Å². The summed E-state index contributed by atoms with van der Waals surface area (Å²) in [6.07, 6.45) is 0.396. The monoisotopic (exact) mass is 458 g/mol. The fraction of sp³-hybridized carbons (Fsp3) is 0.167. The van der Waals surface area contributed by atoms with Crippen molar-refractivity contribution in [2.45, 2.75) is 13.3 Å². The van der Waals surface area contributed by atoms with Crippen LogP contribution in [0.25, 0.3) is 22.0 Å². The van der Waals surface area contributed by atoms with Gasteiger partial charge in [-0.15, -0.1) is 11.3 Å². The first kappa shape index (κ1) is 19.7. The molecule has 0 spiro atoms. The molecule has 0 fully saturated rings. The zero-order valence-corrected chi connectivity index (χ0v) is 18.4. The Hall–Kier alpha value is -3.98. The number of ether oxygens (including phenoxy) is 2. The van der Waals surface area contributed by atoms with Gasteiger partial charge < -0.3 is 14.5 Å². The van der Waals surface area contributed by atoms with Gasteiger partial charge in [-0.3, -0.25) is 14.5 Å². The van der Waals surface area contributed by atoms with E-state index in [1.165, 1.54) is 16.2 Å². The third-order valence-corrected chi connectivity index (χ3v) is 6.66. The topological polar surface area (TPSA) is 97.4 Å². The minimum atomic E-state index is -0.270. The molecule has 2 aliphatic heterocycles. The molecule has 0 saturated carbocycles. The number of fused-ring (bicyclic) bond motifs is 2. The van der Waals surface area contributed by atoms with E-state index in [0.29, 0.717) is 34.9 Å². The van der Waals surface area contributed by atoms with Gasteiger partial charge in [-0.25, -0.2) is 9.97 Å². The molecule has 6 rings (SSSR count). The highest BCUT2D eigenvalue weighted by atomic mass is 32.1.